The van der Waals surface area contributed by atoms with Crippen molar-refractivity contribution in [3.05, 3.63) is 40.1 Å². The third-order valence-corrected chi connectivity index (χ3v) is 2.59. The molecule has 0 unspecified atom stereocenters. The predicted octanol–water partition coefficient (Wildman–Crippen LogP) is 3.95. The quantitative estimate of drug-likeness (QED) is 0.521. The van der Waals surface area contributed by atoms with Crippen LogP contribution in [0.25, 0.3) is 10.8 Å². The molecule has 0 radical (unpaired) electrons. The van der Waals surface area contributed by atoms with Gasteiger partial charge in [0.1, 0.15) is 11.4 Å². The minimum atomic E-state index is -0.591. The second-order valence-electron chi connectivity index (χ2n) is 3.77. The van der Waals surface area contributed by atoms with Gasteiger partial charge < -0.3 is 10.5 Å². The zero-order chi connectivity index (χ0) is 18.0. The summed E-state index contributed by atoms with van der Waals surface area (Å²) < 4.78 is 4.90. The number of benzene rings is 1. The molecule has 0 saturated carbocycles. The number of nitrogens with zero attached hydrogens (tertiary/aromatic N) is 2. The van der Waals surface area contributed by atoms with Crippen molar-refractivity contribution in [2.24, 2.45) is 0 Å². The summed E-state index contributed by atoms with van der Waals surface area (Å²) in [5, 5.41) is 11.6. The van der Waals surface area contributed by atoms with Crippen molar-refractivity contribution in [1.29, 1.82) is 0 Å². The number of pyridine rings is 1. The molecule has 1 aromatic heterocycles. The third-order valence-electron chi connectivity index (χ3n) is 2.59. The van der Waals surface area contributed by atoms with Crippen LogP contribution in [0, 0.1) is 10.1 Å². The van der Waals surface area contributed by atoms with E-state index in [1.807, 2.05) is 27.7 Å². The fourth-order valence-electron chi connectivity index (χ4n) is 1.76. The van der Waals surface area contributed by atoms with Gasteiger partial charge in [0.05, 0.1) is 11.5 Å². The maximum Gasteiger partial charge on any atom is 0.342 e. The van der Waals surface area contributed by atoms with E-state index in [2.05, 4.69) is 4.98 Å². The van der Waals surface area contributed by atoms with E-state index in [4.69, 9.17) is 10.5 Å². The molecule has 0 saturated heterocycles. The van der Waals surface area contributed by atoms with Crippen molar-refractivity contribution in [3.8, 4) is 0 Å². The molecule has 126 valence electrons. The highest BCUT2D eigenvalue weighted by molar-refractivity contribution is 6.08. The molecule has 0 bridgehead atoms. The van der Waals surface area contributed by atoms with Gasteiger partial charge in [-0.2, -0.15) is 0 Å². The Morgan fingerprint density at radius 1 is 1.30 bits per heavy atom. The molecule has 0 fully saturated rings. The molecule has 0 amide bonds. The van der Waals surface area contributed by atoms with E-state index in [0.29, 0.717) is 10.8 Å². The Labute approximate surface area is 135 Å². The molecule has 0 aliphatic rings. The Kier molecular flexibility index (Phi) is 8.91. The van der Waals surface area contributed by atoms with Gasteiger partial charge in [-0.25, -0.2) is 9.78 Å². The average molecular weight is 321 g/mol. The summed E-state index contributed by atoms with van der Waals surface area (Å²) in [4.78, 5) is 25.9. The second-order valence-corrected chi connectivity index (χ2v) is 3.77. The lowest BCUT2D eigenvalue weighted by Crippen LogP contribution is -2.10. The van der Waals surface area contributed by atoms with Crippen LogP contribution in [0.1, 0.15) is 45.0 Å². The lowest BCUT2D eigenvalue weighted by molar-refractivity contribution is -0.384. The Morgan fingerprint density at radius 3 is 2.43 bits per heavy atom. The number of anilines is 1. The van der Waals surface area contributed by atoms with E-state index in [1.54, 1.807) is 6.92 Å². The summed E-state index contributed by atoms with van der Waals surface area (Å²) in [5.74, 6) is -0.549. The minimum absolute atomic E-state index is 0.0415. The number of hydrogen-bond acceptors (Lipinski definition) is 6. The first kappa shape index (κ1) is 20.3. The van der Waals surface area contributed by atoms with E-state index >= 15 is 0 Å². The van der Waals surface area contributed by atoms with Crippen LogP contribution in [0.3, 0.4) is 0 Å². The van der Waals surface area contributed by atoms with Crippen molar-refractivity contribution in [2.45, 2.75) is 34.6 Å². The molecule has 0 aliphatic heterocycles. The first-order valence-corrected chi connectivity index (χ1v) is 7.54. The lowest BCUT2D eigenvalue weighted by Gasteiger charge is -2.08. The van der Waals surface area contributed by atoms with Crippen molar-refractivity contribution in [2.75, 3.05) is 12.3 Å². The van der Waals surface area contributed by atoms with E-state index in [1.165, 1.54) is 24.4 Å². The maximum atomic E-state index is 11.8. The molecule has 2 N–H and O–H groups in total. The van der Waals surface area contributed by atoms with Crippen LogP contribution < -0.4 is 5.73 Å². The first-order valence-electron chi connectivity index (χ1n) is 7.54. The predicted molar refractivity (Wildman–Crippen MR) is 91.5 cm³/mol. The van der Waals surface area contributed by atoms with Gasteiger partial charge in [0.2, 0.25) is 0 Å². The van der Waals surface area contributed by atoms with Crippen LogP contribution >= 0.6 is 0 Å². The molecule has 7 nitrogen and oxygen atoms in total. The SMILES string of the molecule is CC.CC.CCOC(=O)c1c(N)ncc2cc([N+](=O)[O-])ccc12. The van der Waals surface area contributed by atoms with Gasteiger partial charge in [0, 0.05) is 29.1 Å². The number of carbonyl (C=O) groups is 1. The van der Waals surface area contributed by atoms with Gasteiger partial charge in [-0.05, 0) is 13.0 Å². The number of aromatic nitrogens is 1. The van der Waals surface area contributed by atoms with Crippen molar-refractivity contribution >= 4 is 28.2 Å². The fourth-order valence-corrected chi connectivity index (χ4v) is 1.76. The van der Waals surface area contributed by atoms with Crippen molar-refractivity contribution in [1.82, 2.24) is 4.98 Å². The van der Waals surface area contributed by atoms with E-state index in [0.717, 1.165) is 0 Å². The standard InChI is InChI=1S/C12H11N3O4.2C2H6/c1-2-19-12(16)10-9-4-3-8(15(17)18)5-7(9)6-14-11(10)13;2*1-2/h3-6H,2H2,1H3,(H2,13,14);2*1-2H3. The molecule has 23 heavy (non-hydrogen) atoms. The smallest absolute Gasteiger partial charge is 0.342 e. The Bertz CT molecular complexity index is 672. The number of nitrogen functional groups attached to an aromatic ring is 1. The van der Waals surface area contributed by atoms with Crippen LogP contribution in [0.5, 0.6) is 0 Å². The molecule has 1 aromatic carbocycles. The van der Waals surface area contributed by atoms with Gasteiger partial charge in [-0.3, -0.25) is 10.1 Å². The Morgan fingerprint density at radius 2 is 1.91 bits per heavy atom. The third kappa shape index (κ3) is 4.91. The lowest BCUT2D eigenvalue weighted by atomic mass is 10.1. The number of nitro groups is 1. The zero-order valence-corrected chi connectivity index (χ0v) is 14.1. The molecule has 2 aromatic rings. The number of nitrogens with two attached hydrogens (primary N) is 1. The van der Waals surface area contributed by atoms with Gasteiger partial charge in [-0.15, -0.1) is 0 Å². The molecule has 0 spiro atoms. The van der Waals surface area contributed by atoms with Gasteiger partial charge in [0.15, 0.2) is 0 Å². The van der Waals surface area contributed by atoms with Gasteiger partial charge in [-0.1, -0.05) is 27.7 Å². The summed E-state index contributed by atoms with van der Waals surface area (Å²) in [6.07, 6.45) is 1.39. The summed E-state index contributed by atoms with van der Waals surface area (Å²) >= 11 is 0. The Balaban J connectivity index is 0.00000112. The number of ether oxygens (including phenoxy) is 1. The zero-order valence-electron chi connectivity index (χ0n) is 14.1. The minimum Gasteiger partial charge on any atom is -0.462 e. The molecule has 0 atom stereocenters. The van der Waals surface area contributed by atoms with Crippen LogP contribution in [0.4, 0.5) is 11.5 Å². The number of hydrogen-bond donors (Lipinski definition) is 1. The summed E-state index contributed by atoms with van der Waals surface area (Å²) in [6, 6.07) is 4.12. The van der Waals surface area contributed by atoms with Gasteiger partial charge in [0.25, 0.3) is 5.69 Å². The summed E-state index contributed by atoms with van der Waals surface area (Å²) in [6.45, 7) is 9.89. The van der Waals surface area contributed by atoms with Crippen LogP contribution in [-0.2, 0) is 4.74 Å². The average Bonchev–Trinajstić information content (AvgIpc) is 2.58. The monoisotopic (exact) mass is 321 g/mol. The molecule has 7 heteroatoms. The largest absolute Gasteiger partial charge is 0.462 e. The highest BCUT2D eigenvalue weighted by atomic mass is 16.6. The van der Waals surface area contributed by atoms with E-state index < -0.39 is 10.9 Å². The number of rotatable bonds is 3. The topological polar surface area (TPSA) is 108 Å². The highest BCUT2D eigenvalue weighted by Gasteiger charge is 2.18. The molecular weight excluding hydrogens is 298 g/mol. The van der Waals surface area contributed by atoms with Crippen LogP contribution in [0.15, 0.2) is 24.4 Å². The summed E-state index contributed by atoms with van der Waals surface area (Å²) in [7, 11) is 0. The van der Waals surface area contributed by atoms with Crippen molar-refractivity contribution in [3.63, 3.8) is 0 Å². The number of nitro benzene ring substituents is 1. The molecular formula is C16H23N3O4. The maximum absolute atomic E-state index is 11.8. The van der Waals surface area contributed by atoms with Crippen LogP contribution in [0.2, 0.25) is 0 Å². The number of carbonyl (C=O) groups excluding carboxylic acids is 1. The number of fused-ring (bicyclic) bond motifs is 1. The molecule has 0 aliphatic carbocycles. The second kappa shape index (κ2) is 10.1. The number of esters is 1. The van der Waals surface area contributed by atoms with E-state index in [-0.39, 0.29) is 23.7 Å². The number of non-ortho nitro benzene ring substituents is 1. The highest BCUT2D eigenvalue weighted by Crippen LogP contribution is 2.26. The van der Waals surface area contributed by atoms with Crippen LogP contribution in [-0.4, -0.2) is 22.5 Å². The molecule has 2 rings (SSSR count). The molecule has 1 heterocycles. The first-order chi connectivity index (χ1) is 11.0. The van der Waals surface area contributed by atoms with Gasteiger partial charge >= 0.3 is 5.97 Å². The normalized spacial score (nSPS) is 9.09. The van der Waals surface area contributed by atoms with Crippen molar-refractivity contribution < 1.29 is 14.5 Å². The van der Waals surface area contributed by atoms with E-state index in [9.17, 15) is 14.9 Å². The summed E-state index contributed by atoms with van der Waals surface area (Å²) in [5.41, 5.74) is 5.73. The fraction of sp³-hybridized carbons (Fsp3) is 0.375. The Hall–Kier alpha value is -2.70.